The average Bonchev–Trinajstić information content (AvgIpc) is 2.51. The fourth-order valence-electron chi connectivity index (χ4n) is 2.50. The van der Waals surface area contributed by atoms with Crippen molar-refractivity contribution in [3.63, 3.8) is 0 Å². The maximum atomic E-state index is 12.8. The van der Waals surface area contributed by atoms with Crippen molar-refractivity contribution in [3.05, 3.63) is 48.3 Å². The van der Waals surface area contributed by atoms with Crippen molar-refractivity contribution in [2.75, 3.05) is 18.2 Å². The molecule has 25 heavy (non-hydrogen) atoms. The number of rotatable bonds is 5. The molecule has 0 spiro atoms. The lowest BCUT2D eigenvalue weighted by molar-refractivity contribution is -0.142. The molecule has 1 heterocycles. The molecule has 1 aliphatic heterocycles. The van der Waals surface area contributed by atoms with Crippen molar-refractivity contribution >= 4 is 27.6 Å². The van der Waals surface area contributed by atoms with Gasteiger partial charge in [-0.05, 0) is 23.9 Å². The lowest BCUT2D eigenvalue weighted by atomic mass is 10.0. The van der Waals surface area contributed by atoms with Gasteiger partial charge in [0.05, 0.1) is 12.8 Å². The highest BCUT2D eigenvalue weighted by atomic mass is 32.2. The van der Waals surface area contributed by atoms with Crippen molar-refractivity contribution in [2.45, 2.75) is 11.0 Å². The summed E-state index contributed by atoms with van der Waals surface area (Å²) in [6.07, 6.45) is -2.72. The molecule has 0 fully saturated rings. The molecule has 0 aromatic heterocycles. The Morgan fingerprint density at radius 1 is 1.40 bits per heavy atom. The maximum Gasteiger partial charge on any atom is 0.402 e. The van der Waals surface area contributed by atoms with E-state index >= 15 is 0 Å². The van der Waals surface area contributed by atoms with Gasteiger partial charge in [0.2, 0.25) is 0 Å². The summed E-state index contributed by atoms with van der Waals surface area (Å²) in [6, 6.07) is 6.24. The summed E-state index contributed by atoms with van der Waals surface area (Å²) in [5.41, 5.74) is 0.319. The first kappa shape index (κ1) is 18.8. The Morgan fingerprint density at radius 3 is 2.60 bits per heavy atom. The van der Waals surface area contributed by atoms with Crippen LogP contribution in [0.25, 0.3) is 6.08 Å². The number of nitrogens with one attached hydrogen (secondary N) is 2. The SMILES string of the molecule is C=CNC1=Cc2ccccc2NC1(C(=O)OC)S(=O)(=O)CC(F)(F)F. The van der Waals surface area contributed by atoms with Gasteiger partial charge < -0.3 is 15.4 Å². The summed E-state index contributed by atoms with van der Waals surface area (Å²) in [6.45, 7) is 3.37. The fraction of sp³-hybridized carbons (Fsp3) is 0.267. The third kappa shape index (κ3) is 3.34. The number of alkyl halides is 3. The van der Waals surface area contributed by atoms with Crippen molar-refractivity contribution in [1.29, 1.82) is 0 Å². The first-order valence-electron chi connectivity index (χ1n) is 6.91. The van der Waals surface area contributed by atoms with Gasteiger partial charge in [-0.25, -0.2) is 13.2 Å². The van der Waals surface area contributed by atoms with E-state index in [-0.39, 0.29) is 11.4 Å². The normalized spacial score (nSPS) is 19.9. The van der Waals surface area contributed by atoms with Gasteiger partial charge in [-0.1, -0.05) is 24.8 Å². The van der Waals surface area contributed by atoms with Crippen LogP contribution < -0.4 is 10.6 Å². The molecule has 0 saturated carbocycles. The number of hydrogen-bond donors (Lipinski definition) is 2. The number of halogens is 3. The molecule has 10 heteroatoms. The number of methoxy groups -OCH3 is 1. The highest BCUT2D eigenvalue weighted by Gasteiger charge is 2.59. The summed E-state index contributed by atoms with van der Waals surface area (Å²) >= 11 is 0. The molecule has 2 N–H and O–H groups in total. The zero-order valence-electron chi connectivity index (χ0n) is 13.1. The second kappa shape index (κ2) is 6.43. The van der Waals surface area contributed by atoms with Crippen molar-refractivity contribution < 1.29 is 31.1 Å². The third-order valence-electron chi connectivity index (χ3n) is 3.50. The molecular weight excluding hydrogens is 361 g/mol. The van der Waals surface area contributed by atoms with Crippen LogP contribution in [0.15, 0.2) is 42.7 Å². The van der Waals surface area contributed by atoms with E-state index in [2.05, 4.69) is 21.9 Å². The van der Waals surface area contributed by atoms with E-state index in [1.54, 1.807) is 18.2 Å². The number of sulfone groups is 1. The number of carbonyl (C=O) groups is 1. The minimum absolute atomic E-state index is 0.174. The maximum absolute atomic E-state index is 12.8. The van der Waals surface area contributed by atoms with E-state index in [0.717, 1.165) is 13.3 Å². The van der Waals surface area contributed by atoms with E-state index in [0.29, 0.717) is 5.56 Å². The van der Waals surface area contributed by atoms with Crippen LogP contribution in [0.4, 0.5) is 18.9 Å². The number of esters is 1. The van der Waals surface area contributed by atoms with Gasteiger partial charge in [0.25, 0.3) is 4.87 Å². The van der Waals surface area contributed by atoms with Crippen LogP contribution >= 0.6 is 0 Å². The Labute approximate surface area is 142 Å². The largest absolute Gasteiger partial charge is 0.466 e. The summed E-state index contributed by atoms with van der Waals surface area (Å²) in [5.74, 6) is -3.60. The molecular formula is C15H15F3N2O4S. The zero-order chi connectivity index (χ0) is 18.9. The van der Waals surface area contributed by atoms with Crippen LogP contribution in [0.2, 0.25) is 0 Å². The molecule has 0 aliphatic carbocycles. The van der Waals surface area contributed by atoms with E-state index in [1.807, 2.05) is 0 Å². The number of ether oxygens (including phenoxy) is 1. The zero-order valence-corrected chi connectivity index (χ0v) is 13.9. The minimum atomic E-state index is -5.12. The molecule has 1 aromatic carbocycles. The molecule has 1 unspecified atom stereocenters. The number of anilines is 1. The smallest absolute Gasteiger partial charge is 0.402 e. The molecule has 6 nitrogen and oxygen atoms in total. The van der Waals surface area contributed by atoms with Crippen LogP contribution in [0.1, 0.15) is 5.56 Å². The Hall–Kier alpha value is -2.49. The van der Waals surface area contributed by atoms with Crippen LogP contribution in [0, 0.1) is 0 Å². The standard InChI is InChI=1S/C15H15F3N2O4S/c1-3-19-12-8-10-6-4-5-7-11(10)20-15(12,13(21)24-2)25(22,23)9-14(16,17)18/h3-8,19-20H,1,9H2,2H3. The van der Waals surface area contributed by atoms with Gasteiger partial charge >= 0.3 is 12.1 Å². The van der Waals surface area contributed by atoms with E-state index in [4.69, 9.17) is 0 Å². The summed E-state index contributed by atoms with van der Waals surface area (Å²) in [7, 11) is -4.23. The van der Waals surface area contributed by atoms with Crippen LogP contribution in [-0.4, -0.2) is 38.3 Å². The van der Waals surface area contributed by atoms with E-state index < -0.39 is 32.6 Å². The Morgan fingerprint density at radius 2 is 2.04 bits per heavy atom. The molecule has 1 aliphatic rings. The predicted octanol–water partition coefficient (Wildman–Crippen LogP) is 2.03. The van der Waals surface area contributed by atoms with Gasteiger partial charge in [0.15, 0.2) is 9.84 Å². The minimum Gasteiger partial charge on any atom is -0.466 e. The van der Waals surface area contributed by atoms with E-state index in [9.17, 15) is 26.4 Å². The number of hydrogen-bond acceptors (Lipinski definition) is 6. The Balaban J connectivity index is 2.75. The molecule has 1 aromatic rings. The third-order valence-corrected chi connectivity index (χ3v) is 5.63. The van der Waals surface area contributed by atoms with Gasteiger partial charge in [0, 0.05) is 5.69 Å². The molecule has 0 bridgehead atoms. The summed E-state index contributed by atoms with van der Waals surface area (Å²) < 4.78 is 68.3. The molecule has 2 rings (SSSR count). The van der Waals surface area contributed by atoms with Crippen molar-refractivity contribution in [3.8, 4) is 0 Å². The lowest BCUT2D eigenvalue weighted by Gasteiger charge is -2.37. The monoisotopic (exact) mass is 376 g/mol. The number of para-hydroxylation sites is 1. The van der Waals surface area contributed by atoms with Crippen LogP contribution in [0.5, 0.6) is 0 Å². The van der Waals surface area contributed by atoms with Gasteiger partial charge in [-0.15, -0.1) is 0 Å². The lowest BCUT2D eigenvalue weighted by Crippen LogP contribution is -2.60. The molecule has 136 valence electrons. The molecule has 1 atom stereocenters. The van der Waals surface area contributed by atoms with Crippen LogP contribution in [-0.2, 0) is 19.4 Å². The average molecular weight is 376 g/mol. The van der Waals surface area contributed by atoms with Crippen molar-refractivity contribution in [2.24, 2.45) is 0 Å². The van der Waals surface area contributed by atoms with Gasteiger partial charge in [0.1, 0.15) is 5.75 Å². The van der Waals surface area contributed by atoms with Crippen molar-refractivity contribution in [1.82, 2.24) is 5.32 Å². The predicted molar refractivity (Wildman–Crippen MR) is 86.0 cm³/mol. The second-order valence-corrected chi connectivity index (χ2v) is 7.30. The van der Waals surface area contributed by atoms with E-state index in [1.165, 1.54) is 12.1 Å². The molecule has 0 radical (unpaired) electrons. The topological polar surface area (TPSA) is 84.5 Å². The van der Waals surface area contributed by atoms with Gasteiger partial charge in [-0.2, -0.15) is 13.2 Å². The highest BCUT2D eigenvalue weighted by Crippen LogP contribution is 2.39. The molecule has 0 saturated heterocycles. The number of benzene rings is 1. The quantitative estimate of drug-likeness (QED) is 0.765. The first-order valence-corrected chi connectivity index (χ1v) is 8.57. The Bertz CT molecular complexity index is 833. The second-order valence-electron chi connectivity index (χ2n) is 5.17. The first-order chi connectivity index (χ1) is 11.6. The number of fused-ring (bicyclic) bond motifs is 1. The Kier molecular flexibility index (Phi) is 4.85. The van der Waals surface area contributed by atoms with Gasteiger partial charge in [-0.3, -0.25) is 0 Å². The fourth-order valence-corrected chi connectivity index (χ4v) is 4.21. The molecule has 0 amide bonds. The summed E-state index contributed by atoms with van der Waals surface area (Å²) in [5, 5.41) is 4.86. The van der Waals surface area contributed by atoms with Crippen LogP contribution in [0.3, 0.4) is 0 Å². The summed E-state index contributed by atoms with van der Waals surface area (Å²) in [4.78, 5) is 9.59. The highest BCUT2D eigenvalue weighted by molar-refractivity contribution is 7.94. The number of carbonyl (C=O) groups excluding carboxylic acids is 1.